The van der Waals surface area contributed by atoms with Crippen molar-refractivity contribution in [2.45, 2.75) is 39.0 Å². The van der Waals surface area contributed by atoms with Gasteiger partial charge in [0.1, 0.15) is 0 Å². The number of terminal acetylenes is 2. The highest BCUT2D eigenvalue weighted by molar-refractivity contribution is 5.76. The summed E-state index contributed by atoms with van der Waals surface area (Å²) in [6.45, 7) is 3.20. The van der Waals surface area contributed by atoms with Gasteiger partial charge in [-0.3, -0.25) is 4.79 Å². The largest absolute Gasteiger partial charge is 0.332 e. The SMILES string of the molecule is C#CCCCCC(=O)N(CC#C)CCC. The van der Waals surface area contributed by atoms with Gasteiger partial charge in [-0.1, -0.05) is 12.8 Å². The third-order valence-electron chi connectivity index (χ3n) is 2.09. The lowest BCUT2D eigenvalue weighted by Gasteiger charge is -2.19. The van der Waals surface area contributed by atoms with Crippen LogP contribution in [0.25, 0.3) is 0 Å². The summed E-state index contributed by atoms with van der Waals surface area (Å²) in [6.07, 6.45) is 14.3. The second-order valence-corrected chi connectivity index (χ2v) is 3.43. The summed E-state index contributed by atoms with van der Waals surface area (Å²) < 4.78 is 0. The van der Waals surface area contributed by atoms with Gasteiger partial charge < -0.3 is 4.90 Å². The summed E-state index contributed by atoms with van der Waals surface area (Å²) in [5, 5.41) is 0. The highest BCUT2D eigenvalue weighted by atomic mass is 16.2. The van der Waals surface area contributed by atoms with E-state index in [0.717, 1.165) is 32.2 Å². The van der Waals surface area contributed by atoms with Crippen LogP contribution in [0.1, 0.15) is 39.0 Å². The van der Waals surface area contributed by atoms with E-state index in [1.54, 1.807) is 4.90 Å². The van der Waals surface area contributed by atoms with Gasteiger partial charge >= 0.3 is 0 Å². The Morgan fingerprint density at radius 3 is 2.53 bits per heavy atom. The number of nitrogens with zero attached hydrogens (tertiary/aromatic N) is 1. The second kappa shape index (κ2) is 9.16. The van der Waals surface area contributed by atoms with E-state index in [2.05, 4.69) is 11.8 Å². The van der Waals surface area contributed by atoms with E-state index < -0.39 is 0 Å². The highest BCUT2D eigenvalue weighted by Crippen LogP contribution is 2.03. The lowest BCUT2D eigenvalue weighted by atomic mass is 10.2. The molecule has 0 fully saturated rings. The molecule has 0 saturated carbocycles. The smallest absolute Gasteiger partial charge is 0.223 e. The molecule has 0 aliphatic heterocycles. The van der Waals surface area contributed by atoms with E-state index in [0.29, 0.717) is 13.0 Å². The molecule has 0 radical (unpaired) electrons. The molecule has 0 saturated heterocycles. The maximum absolute atomic E-state index is 11.7. The number of hydrogen-bond donors (Lipinski definition) is 0. The van der Waals surface area contributed by atoms with E-state index in [4.69, 9.17) is 12.8 Å². The molecule has 0 spiro atoms. The zero-order chi connectivity index (χ0) is 11.5. The van der Waals surface area contributed by atoms with Crippen molar-refractivity contribution in [3.8, 4) is 24.7 Å². The van der Waals surface area contributed by atoms with Crippen LogP contribution in [0, 0.1) is 24.7 Å². The first-order chi connectivity index (χ1) is 7.26. The molecular formula is C13H19NO. The van der Waals surface area contributed by atoms with Gasteiger partial charge in [-0.15, -0.1) is 18.8 Å². The normalized spacial score (nSPS) is 9.00. The summed E-state index contributed by atoms with van der Waals surface area (Å²) in [5.41, 5.74) is 0. The van der Waals surface area contributed by atoms with Crippen molar-refractivity contribution in [3.05, 3.63) is 0 Å². The average Bonchev–Trinajstić information content (AvgIpc) is 2.24. The molecule has 2 heteroatoms. The van der Waals surface area contributed by atoms with Crippen LogP contribution in [0.2, 0.25) is 0 Å². The maximum Gasteiger partial charge on any atom is 0.223 e. The van der Waals surface area contributed by atoms with Crippen LogP contribution in [-0.2, 0) is 4.79 Å². The second-order valence-electron chi connectivity index (χ2n) is 3.43. The minimum absolute atomic E-state index is 0.145. The Morgan fingerprint density at radius 2 is 2.00 bits per heavy atom. The number of carbonyl (C=O) groups is 1. The average molecular weight is 205 g/mol. The molecule has 0 aliphatic rings. The number of rotatable bonds is 7. The molecule has 0 N–H and O–H groups in total. The monoisotopic (exact) mass is 205 g/mol. The van der Waals surface area contributed by atoms with Crippen LogP contribution >= 0.6 is 0 Å². The molecule has 0 aromatic rings. The third-order valence-corrected chi connectivity index (χ3v) is 2.09. The fourth-order valence-electron chi connectivity index (χ4n) is 1.33. The van der Waals surface area contributed by atoms with Crippen LogP contribution in [0.15, 0.2) is 0 Å². The number of hydrogen-bond acceptors (Lipinski definition) is 1. The molecule has 82 valence electrons. The van der Waals surface area contributed by atoms with Crippen LogP contribution in [0.5, 0.6) is 0 Å². The summed E-state index contributed by atoms with van der Waals surface area (Å²) >= 11 is 0. The summed E-state index contributed by atoms with van der Waals surface area (Å²) in [7, 11) is 0. The van der Waals surface area contributed by atoms with Gasteiger partial charge in [-0.2, -0.15) is 0 Å². The van der Waals surface area contributed by atoms with E-state index >= 15 is 0 Å². The lowest BCUT2D eigenvalue weighted by molar-refractivity contribution is -0.130. The van der Waals surface area contributed by atoms with Gasteiger partial charge in [0.15, 0.2) is 0 Å². The first-order valence-corrected chi connectivity index (χ1v) is 5.41. The first-order valence-electron chi connectivity index (χ1n) is 5.41. The molecule has 2 nitrogen and oxygen atoms in total. The van der Waals surface area contributed by atoms with E-state index in [1.807, 2.05) is 6.92 Å². The molecule has 0 bridgehead atoms. The van der Waals surface area contributed by atoms with Crippen LogP contribution in [-0.4, -0.2) is 23.9 Å². The van der Waals surface area contributed by atoms with Crippen LogP contribution in [0.3, 0.4) is 0 Å². The molecule has 0 aromatic heterocycles. The quantitative estimate of drug-likeness (QED) is 0.460. The zero-order valence-corrected chi connectivity index (χ0v) is 9.46. The van der Waals surface area contributed by atoms with Gasteiger partial charge in [-0.25, -0.2) is 0 Å². The lowest BCUT2D eigenvalue weighted by Crippen LogP contribution is -2.31. The molecule has 0 atom stereocenters. The molecular weight excluding hydrogens is 186 g/mol. The molecule has 0 heterocycles. The van der Waals surface area contributed by atoms with Crippen molar-refractivity contribution in [2.75, 3.05) is 13.1 Å². The number of unbranched alkanes of at least 4 members (excludes halogenated alkanes) is 2. The van der Waals surface area contributed by atoms with Crippen molar-refractivity contribution in [3.63, 3.8) is 0 Å². The van der Waals surface area contributed by atoms with Crippen LogP contribution < -0.4 is 0 Å². The Kier molecular flexibility index (Phi) is 8.30. The topological polar surface area (TPSA) is 20.3 Å². The van der Waals surface area contributed by atoms with Gasteiger partial charge in [0.2, 0.25) is 5.91 Å². The summed E-state index contributed by atoms with van der Waals surface area (Å²) in [5.74, 6) is 5.22. The molecule has 15 heavy (non-hydrogen) atoms. The Bertz CT molecular complexity index is 257. The van der Waals surface area contributed by atoms with Crippen LogP contribution in [0.4, 0.5) is 0 Å². The van der Waals surface area contributed by atoms with E-state index in [1.165, 1.54) is 0 Å². The predicted molar refractivity (Wildman–Crippen MR) is 63.0 cm³/mol. The molecule has 0 rings (SSSR count). The fraction of sp³-hybridized carbons (Fsp3) is 0.615. The van der Waals surface area contributed by atoms with E-state index in [9.17, 15) is 4.79 Å². The number of amides is 1. The summed E-state index contributed by atoms with van der Waals surface area (Å²) in [4.78, 5) is 13.4. The minimum Gasteiger partial charge on any atom is -0.332 e. The Morgan fingerprint density at radius 1 is 1.27 bits per heavy atom. The van der Waals surface area contributed by atoms with Crippen molar-refractivity contribution in [1.29, 1.82) is 0 Å². The number of carbonyl (C=O) groups excluding carboxylic acids is 1. The van der Waals surface area contributed by atoms with Crippen molar-refractivity contribution in [2.24, 2.45) is 0 Å². The molecule has 0 aromatic carbocycles. The standard InChI is InChI=1S/C13H19NO/c1-4-7-8-9-10-13(15)14(11-5-2)12-6-3/h1-2H,6-12H2,3H3. The maximum atomic E-state index is 11.7. The first kappa shape index (κ1) is 13.6. The van der Waals surface area contributed by atoms with Gasteiger partial charge in [0.25, 0.3) is 0 Å². The molecule has 0 unspecified atom stereocenters. The highest BCUT2D eigenvalue weighted by Gasteiger charge is 2.10. The van der Waals surface area contributed by atoms with Gasteiger partial charge in [0, 0.05) is 19.4 Å². The van der Waals surface area contributed by atoms with Gasteiger partial charge in [-0.05, 0) is 19.3 Å². The Labute approximate surface area is 93.0 Å². The summed E-state index contributed by atoms with van der Waals surface area (Å²) in [6, 6.07) is 0. The van der Waals surface area contributed by atoms with Crippen molar-refractivity contribution in [1.82, 2.24) is 4.90 Å². The van der Waals surface area contributed by atoms with Gasteiger partial charge in [0.05, 0.1) is 6.54 Å². The van der Waals surface area contributed by atoms with Crippen molar-refractivity contribution < 1.29 is 4.79 Å². The Hall–Kier alpha value is -1.41. The Balaban J connectivity index is 3.83. The minimum atomic E-state index is 0.145. The third kappa shape index (κ3) is 6.63. The molecule has 0 aliphatic carbocycles. The predicted octanol–water partition coefficient (Wildman–Crippen LogP) is 2.05. The molecule has 1 amide bonds. The van der Waals surface area contributed by atoms with E-state index in [-0.39, 0.29) is 5.91 Å². The fourth-order valence-corrected chi connectivity index (χ4v) is 1.33. The zero-order valence-electron chi connectivity index (χ0n) is 9.46. The van der Waals surface area contributed by atoms with Crippen molar-refractivity contribution >= 4 is 5.91 Å².